The molecule has 5 rings (SSSR count). The first kappa shape index (κ1) is 17.3. The number of rotatable bonds is 3. The van der Waals surface area contributed by atoms with E-state index in [9.17, 15) is 0 Å². The molecule has 0 aromatic heterocycles. The molecule has 1 aromatic rings. The highest BCUT2D eigenvalue weighted by atomic mass is 32.2. The van der Waals surface area contributed by atoms with Gasteiger partial charge in [-0.3, -0.25) is 4.99 Å². The average Bonchev–Trinajstić information content (AvgIpc) is 3.31. The van der Waals surface area contributed by atoms with Gasteiger partial charge >= 0.3 is 0 Å². The lowest BCUT2D eigenvalue weighted by molar-refractivity contribution is 0.377. The maximum absolute atomic E-state index is 5.33. The third-order valence-corrected chi connectivity index (χ3v) is 7.82. The van der Waals surface area contributed by atoms with E-state index in [0.29, 0.717) is 29.0 Å². The molecule has 0 spiro atoms. The molecule has 138 valence electrons. The van der Waals surface area contributed by atoms with Crippen LogP contribution < -0.4 is 0 Å². The van der Waals surface area contributed by atoms with Crippen molar-refractivity contribution < 1.29 is 0 Å². The SMILES string of the molecule is CC(C)C1CC(c2cccc3c2SC2C=CC=CC32)=NC1C1=CCCC=C1. The number of benzene rings is 1. The van der Waals surface area contributed by atoms with Gasteiger partial charge in [0.15, 0.2) is 0 Å². The van der Waals surface area contributed by atoms with E-state index in [1.54, 1.807) is 0 Å². The average molecular weight is 374 g/mol. The molecule has 0 N–H and O–H groups in total. The van der Waals surface area contributed by atoms with Crippen molar-refractivity contribution >= 4 is 17.5 Å². The summed E-state index contributed by atoms with van der Waals surface area (Å²) < 4.78 is 0. The van der Waals surface area contributed by atoms with E-state index >= 15 is 0 Å². The Balaban J connectivity index is 1.53. The number of thioether (sulfide) groups is 1. The van der Waals surface area contributed by atoms with Gasteiger partial charge in [-0.15, -0.1) is 11.8 Å². The quantitative estimate of drug-likeness (QED) is 0.590. The van der Waals surface area contributed by atoms with Crippen LogP contribution in [0.25, 0.3) is 0 Å². The van der Waals surface area contributed by atoms with Gasteiger partial charge in [0.25, 0.3) is 0 Å². The molecule has 0 saturated carbocycles. The van der Waals surface area contributed by atoms with Gasteiger partial charge in [0, 0.05) is 27.3 Å². The second-order valence-corrected chi connectivity index (χ2v) is 9.61. The van der Waals surface area contributed by atoms with E-state index in [1.807, 2.05) is 11.8 Å². The van der Waals surface area contributed by atoms with Crippen molar-refractivity contribution in [2.45, 2.75) is 55.2 Å². The second-order valence-electron chi connectivity index (χ2n) is 8.42. The van der Waals surface area contributed by atoms with E-state index in [0.717, 1.165) is 12.8 Å². The fraction of sp³-hybridized carbons (Fsp3) is 0.400. The Bertz CT molecular complexity index is 899. The Hall–Kier alpha value is -1.80. The highest BCUT2D eigenvalue weighted by Crippen LogP contribution is 2.50. The fourth-order valence-corrected chi connectivity index (χ4v) is 6.38. The number of fused-ring (bicyclic) bond motifs is 3. The Labute approximate surface area is 167 Å². The van der Waals surface area contributed by atoms with Gasteiger partial charge in [0.05, 0.1) is 6.04 Å². The van der Waals surface area contributed by atoms with Crippen LogP contribution in [-0.2, 0) is 0 Å². The maximum atomic E-state index is 5.33. The van der Waals surface area contributed by atoms with Crippen molar-refractivity contribution in [2.24, 2.45) is 16.8 Å². The first-order chi connectivity index (χ1) is 13.2. The minimum atomic E-state index is 0.334. The zero-order valence-electron chi connectivity index (χ0n) is 16.1. The normalized spacial score (nSPS) is 31.1. The summed E-state index contributed by atoms with van der Waals surface area (Å²) in [5, 5.41) is 0.550. The summed E-state index contributed by atoms with van der Waals surface area (Å²) in [4.78, 5) is 6.80. The number of aliphatic imine (C=N–C) groups is 1. The van der Waals surface area contributed by atoms with E-state index < -0.39 is 0 Å². The highest BCUT2D eigenvalue weighted by molar-refractivity contribution is 8.00. The molecule has 27 heavy (non-hydrogen) atoms. The highest BCUT2D eigenvalue weighted by Gasteiger charge is 2.37. The molecule has 0 amide bonds. The van der Waals surface area contributed by atoms with Crippen LogP contribution in [0.3, 0.4) is 0 Å². The summed E-state index contributed by atoms with van der Waals surface area (Å²) in [6.07, 6.45) is 19.6. The predicted octanol–water partition coefficient (Wildman–Crippen LogP) is 6.48. The summed E-state index contributed by atoms with van der Waals surface area (Å²) in [5.41, 5.74) is 5.65. The minimum Gasteiger partial charge on any atom is -0.281 e. The van der Waals surface area contributed by atoms with Gasteiger partial charge in [0.2, 0.25) is 0 Å². The van der Waals surface area contributed by atoms with Crippen molar-refractivity contribution in [3.05, 3.63) is 77.4 Å². The smallest absolute Gasteiger partial charge is 0.0783 e. The summed E-state index contributed by atoms with van der Waals surface area (Å²) in [7, 11) is 0. The topological polar surface area (TPSA) is 12.4 Å². The van der Waals surface area contributed by atoms with Crippen LogP contribution in [0.4, 0.5) is 0 Å². The van der Waals surface area contributed by atoms with Gasteiger partial charge in [-0.25, -0.2) is 0 Å². The van der Waals surface area contributed by atoms with E-state index in [1.165, 1.54) is 33.7 Å². The second kappa shape index (κ2) is 6.98. The summed E-state index contributed by atoms with van der Waals surface area (Å²) in [6.45, 7) is 4.72. The Morgan fingerprint density at radius 3 is 2.81 bits per heavy atom. The van der Waals surface area contributed by atoms with Crippen LogP contribution in [0.15, 0.2) is 76.2 Å². The number of hydrogen-bond acceptors (Lipinski definition) is 2. The van der Waals surface area contributed by atoms with Gasteiger partial charge in [-0.05, 0) is 42.2 Å². The van der Waals surface area contributed by atoms with Crippen molar-refractivity contribution in [1.29, 1.82) is 0 Å². The number of nitrogens with zero attached hydrogens (tertiary/aromatic N) is 1. The Kier molecular flexibility index (Phi) is 4.47. The van der Waals surface area contributed by atoms with Gasteiger partial charge in [0.1, 0.15) is 0 Å². The van der Waals surface area contributed by atoms with Crippen LogP contribution in [0.1, 0.15) is 50.2 Å². The zero-order valence-corrected chi connectivity index (χ0v) is 17.0. The molecule has 4 atom stereocenters. The van der Waals surface area contributed by atoms with Crippen LogP contribution in [-0.4, -0.2) is 17.0 Å². The third-order valence-electron chi connectivity index (χ3n) is 6.40. The lowest BCUT2D eigenvalue weighted by atomic mass is 9.82. The van der Waals surface area contributed by atoms with Crippen molar-refractivity contribution in [2.75, 3.05) is 0 Å². The Morgan fingerprint density at radius 1 is 1.11 bits per heavy atom. The zero-order chi connectivity index (χ0) is 18.4. The van der Waals surface area contributed by atoms with Gasteiger partial charge < -0.3 is 0 Å². The van der Waals surface area contributed by atoms with Crippen LogP contribution >= 0.6 is 11.8 Å². The first-order valence-electron chi connectivity index (χ1n) is 10.3. The number of hydrogen-bond donors (Lipinski definition) is 0. The monoisotopic (exact) mass is 373 g/mol. The molecule has 0 saturated heterocycles. The van der Waals surface area contributed by atoms with Crippen molar-refractivity contribution in [1.82, 2.24) is 0 Å². The molecule has 2 aliphatic carbocycles. The lowest BCUT2D eigenvalue weighted by Gasteiger charge is -2.23. The molecule has 0 radical (unpaired) electrons. The van der Waals surface area contributed by atoms with E-state index in [4.69, 9.17) is 4.99 Å². The third kappa shape index (κ3) is 2.99. The fourth-order valence-electron chi connectivity index (χ4n) is 4.90. The van der Waals surface area contributed by atoms with E-state index in [-0.39, 0.29) is 0 Å². The standard InChI is InChI=1S/C25H27NS/c1-16(2)21-15-22(26-24(21)17-9-4-3-5-10-17)20-13-8-12-19-18-11-6-7-14-23(18)27-25(19)20/h4,6-14,16,18,21,23-24H,3,5,15H2,1-2H3. The summed E-state index contributed by atoms with van der Waals surface area (Å²) >= 11 is 2.03. The largest absolute Gasteiger partial charge is 0.281 e. The van der Waals surface area contributed by atoms with Crippen LogP contribution in [0.2, 0.25) is 0 Å². The molecule has 4 aliphatic rings. The molecular formula is C25H27NS. The van der Waals surface area contributed by atoms with Crippen molar-refractivity contribution in [3.8, 4) is 0 Å². The first-order valence-corrected chi connectivity index (χ1v) is 11.2. The number of allylic oxidation sites excluding steroid dienone is 5. The molecule has 2 aliphatic heterocycles. The lowest BCUT2D eigenvalue weighted by Crippen LogP contribution is -2.21. The molecule has 2 heteroatoms. The molecular weight excluding hydrogens is 346 g/mol. The maximum Gasteiger partial charge on any atom is 0.0783 e. The molecule has 1 nitrogen and oxygen atoms in total. The van der Waals surface area contributed by atoms with Crippen molar-refractivity contribution in [3.63, 3.8) is 0 Å². The molecule has 4 unspecified atom stereocenters. The Morgan fingerprint density at radius 2 is 2.00 bits per heavy atom. The van der Waals surface area contributed by atoms with E-state index in [2.05, 4.69) is 74.6 Å². The molecule has 1 aromatic carbocycles. The van der Waals surface area contributed by atoms with Crippen LogP contribution in [0, 0.1) is 11.8 Å². The van der Waals surface area contributed by atoms with Crippen LogP contribution in [0.5, 0.6) is 0 Å². The molecule has 2 heterocycles. The molecule has 0 fully saturated rings. The van der Waals surface area contributed by atoms with Gasteiger partial charge in [-0.2, -0.15) is 0 Å². The summed E-state index contributed by atoms with van der Waals surface area (Å²) in [5.74, 6) is 1.78. The minimum absolute atomic E-state index is 0.334. The predicted molar refractivity (Wildman–Crippen MR) is 117 cm³/mol. The summed E-state index contributed by atoms with van der Waals surface area (Å²) in [6, 6.07) is 7.20. The molecule has 0 bridgehead atoms. The van der Waals surface area contributed by atoms with Gasteiger partial charge in [-0.1, -0.05) is 74.6 Å².